The summed E-state index contributed by atoms with van der Waals surface area (Å²) in [4.78, 5) is 2.42. The van der Waals surface area contributed by atoms with Gasteiger partial charge in [0.25, 0.3) is 0 Å². The molecule has 64 heavy (non-hydrogen) atoms. The van der Waals surface area contributed by atoms with Gasteiger partial charge in [0.15, 0.2) is 0 Å². The van der Waals surface area contributed by atoms with E-state index in [1.165, 1.54) is 65.7 Å². The molecule has 0 aliphatic rings. The molecule has 2 nitrogen and oxygen atoms in total. The highest BCUT2D eigenvalue weighted by Crippen LogP contribution is 2.47. The Labute approximate surface area is 372 Å². The fraction of sp³-hybridized carbons (Fsp3) is 0.0323. The van der Waals surface area contributed by atoms with Gasteiger partial charge in [0.2, 0.25) is 0 Å². The molecule has 0 spiro atoms. The van der Waals surface area contributed by atoms with E-state index in [2.05, 4.69) is 243 Å². The fourth-order valence-electron chi connectivity index (χ4n) is 9.93. The summed E-state index contributed by atoms with van der Waals surface area (Å²) in [5.74, 6) is 0. The van der Waals surface area contributed by atoms with Gasteiger partial charge in [-0.15, -0.1) is 0 Å². The Kier molecular flexibility index (Phi) is 8.98. The molecule has 11 aromatic carbocycles. The van der Waals surface area contributed by atoms with Crippen LogP contribution in [-0.2, 0) is 0 Å². The summed E-state index contributed by atoms with van der Waals surface area (Å²) >= 11 is 0. The van der Waals surface area contributed by atoms with E-state index in [4.69, 9.17) is 4.42 Å². The molecule has 0 N–H and O–H groups in total. The van der Waals surface area contributed by atoms with Crippen molar-refractivity contribution in [2.45, 2.75) is 13.8 Å². The predicted octanol–water partition coefficient (Wildman–Crippen LogP) is 17.8. The van der Waals surface area contributed by atoms with Crippen molar-refractivity contribution in [3.8, 4) is 44.5 Å². The molecule has 0 unspecified atom stereocenters. The van der Waals surface area contributed by atoms with E-state index in [1.807, 2.05) is 0 Å². The first-order chi connectivity index (χ1) is 31.6. The molecule has 0 atom stereocenters. The number of benzene rings is 11. The molecule has 12 aromatic rings. The van der Waals surface area contributed by atoms with Gasteiger partial charge in [-0.2, -0.15) is 0 Å². The van der Waals surface area contributed by atoms with Gasteiger partial charge in [-0.3, -0.25) is 0 Å². The monoisotopic (exact) mass is 817 g/mol. The lowest BCUT2D eigenvalue weighted by Gasteiger charge is -2.29. The normalized spacial score (nSPS) is 11.6. The first-order valence-corrected chi connectivity index (χ1v) is 22.1. The van der Waals surface area contributed by atoms with Gasteiger partial charge in [0.05, 0.1) is 5.69 Å². The van der Waals surface area contributed by atoms with Crippen molar-refractivity contribution < 1.29 is 4.42 Å². The molecule has 12 rings (SSSR count). The number of hydrogen-bond acceptors (Lipinski definition) is 2. The maximum absolute atomic E-state index is 7.06. The van der Waals surface area contributed by atoms with Crippen molar-refractivity contribution in [2.24, 2.45) is 0 Å². The average Bonchev–Trinajstić information content (AvgIpc) is 3.76. The summed E-state index contributed by atoms with van der Waals surface area (Å²) in [5.41, 5.74) is 16.8. The Bertz CT molecular complexity index is 3750. The molecule has 0 aliphatic carbocycles. The molecular weight excluding hydrogens is 775 g/mol. The van der Waals surface area contributed by atoms with Gasteiger partial charge < -0.3 is 9.32 Å². The molecule has 0 saturated carbocycles. The number of hydrogen-bond donors (Lipinski definition) is 0. The van der Waals surface area contributed by atoms with Gasteiger partial charge in [-0.1, -0.05) is 176 Å². The lowest BCUT2D eigenvalue weighted by Crippen LogP contribution is -2.11. The number of rotatable bonds is 7. The molecule has 0 radical (unpaired) electrons. The molecule has 0 amide bonds. The zero-order valence-electron chi connectivity index (χ0n) is 35.7. The first kappa shape index (κ1) is 37.6. The number of nitrogens with zero attached hydrogens (tertiary/aromatic N) is 1. The Hall–Kier alpha value is -8.20. The highest BCUT2D eigenvalue weighted by molar-refractivity contribution is 6.19. The summed E-state index contributed by atoms with van der Waals surface area (Å²) < 4.78 is 7.06. The molecule has 1 heterocycles. The lowest BCUT2D eigenvalue weighted by atomic mass is 9.93. The standard InChI is InChI=1S/C62H43NO/c1-40-37-58(62-60(41(40)2)57-36-33-45-17-5-8-26-55(45)61(57)64-62)56-27-9-10-30-59(56)63(50-23-12-22-48(39-50)54-29-14-19-44-16-4-7-25-52(44)54)49-34-31-42(32-35-49)46-20-11-21-47(38-46)53-28-13-18-43-15-3-6-24-51(43)53/h3-39H,1-2H3. The van der Waals surface area contributed by atoms with E-state index in [1.54, 1.807) is 0 Å². The van der Waals surface area contributed by atoms with Crippen LogP contribution in [0, 0.1) is 13.8 Å². The Morgan fingerprint density at radius 3 is 1.59 bits per heavy atom. The largest absolute Gasteiger partial charge is 0.455 e. The van der Waals surface area contributed by atoms with Gasteiger partial charge in [0.1, 0.15) is 11.2 Å². The quantitative estimate of drug-likeness (QED) is 0.159. The Balaban J connectivity index is 1.04. The van der Waals surface area contributed by atoms with Gasteiger partial charge in [-0.25, -0.2) is 0 Å². The average molecular weight is 818 g/mol. The SMILES string of the molecule is Cc1cc(-c2ccccc2N(c2ccc(-c3cccc(-c4cccc5ccccc45)c3)cc2)c2cccc(-c3cccc4ccccc34)c2)c2oc3c4ccccc4ccc3c2c1C. The van der Waals surface area contributed by atoms with Gasteiger partial charge in [-0.05, 0) is 134 Å². The van der Waals surface area contributed by atoms with Crippen LogP contribution in [0.15, 0.2) is 229 Å². The van der Waals surface area contributed by atoms with E-state index in [9.17, 15) is 0 Å². The molecule has 2 heteroatoms. The van der Waals surface area contributed by atoms with Crippen LogP contribution in [0.2, 0.25) is 0 Å². The second kappa shape index (κ2) is 15.3. The maximum atomic E-state index is 7.06. The van der Waals surface area contributed by atoms with Crippen molar-refractivity contribution in [1.82, 2.24) is 0 Å². The predicted molar refractivity (Wildman–Crippen MR) is 272 cm³/mol. The highest BCUT2D eigenvalue weighted by atomic mass is 16.3. The van der Waals surface area contributed by atoms with E-state index < -0.39 is 0 Å². The molecule has 1 aromatic heterocycles. The molecular formula is C62H43NO. The van der Waals surface area contributed by atoms with Crippen LogP contribution < -0.4 is 4.90 Å². The molecule has 0 bridgehead atoms. The van der Waals surface area contributed by atoms with Gasteiger partial charge >= 0.3 is 0 Å². The van der Waals surface area contributed by atoms with Crippen LogP contribution in [0.1, 0.15) is 11.1 Å². The van der Waals surface area contributed by atoms with E-state index in [-0.39, 0.29) is 0 Å². The smallest absolute Gasteiger partial charge is 0.143 e. The van der Waals surface area contributed by atoms with Gasteiger partial charge in [0, 0.05) is 38.7 Å². The summed E-state index contributed by atoms with van der Waals surface area (Å²) in [6.45, 7) is 4.45. The number of furan rings is 1. The second-order valence-electron chi connectivity index (χ2n) is 16.9. The van der Waals surface area contributed by atoms with Crippen LogP contribution >= 0.6 is 0 Å². The number of para-hydroxylation sites is 1. The van der Waals surface area contributed by atoms with Crippen molar-refractivity contribution in [1.29, 1.82) is 0 Å². The third-order valence-corrected chi connectivity index (χ3v) is 13.2. The molecule has 0 fully saturated rings. The lowest BCUT2D eigenvalue weighted by molar-refractivity contribution is 0.673. The zero-order valence-corrected chi connectivity index (χ0v) is 35.7. The summed E-state index contributed by atoms with van der Waals surface area (Å²) in [5, 5.41) is 9.58. The molecule has 302 valence electrons. The topological polar surface area (TPSA) is 16.4 Å². The van der Waals surface area contributed by atoms with E-state index >= 15 is 0 Å². The van der Waals surface area contributed by atoms with E-state index in [0.29, 0.717) is 0 Å². The second-order valence-corrected chi connectivity index (χ2v) is 16.9. The zero-order chi connectivity index (χ0) is 42.7. The minimum absolute atomic E-state index is 0.910. The van der Waals surface area contributed by atoms with Crippen molar-refractivity contribution in [3.05, 3.63) is 236 Å². The van der Waals surface area contributed by atoms with Crippen LogP contribution in [0.3, 0.4) is 0 Å². The first-order valence-electron chi connectivity index (χ1n) is 22.1. The third-order valence-electron chi connectivity index (χ3n) is 13.2. The Morgan fingerprint density at radius 2 is 0.875 bits per heavy atom. The number of anilines is 3. The summed E-state index contributed by atoms with van der Waals surface area (Å²) in [7, 11) is 0. The molecule has 0 aliphatic heterocycles. The minimum Gasteiger partial charge on any atom is -0.455 e. The highest BCUT2D eigenvalue weighted by Gasteiger charge is 2.23. The Morgan fingerprint density at radius 1 is 0.328 bits per heavy atom. The minimum atomic E-state index is 0.910. The van der Waals surface area contributed by atoms with Crippen LogP contribution in [0.25, 0.3) is 98.8 Å². The van der Waals surface area contributed by atoms with Crippen LogP contribution in [-0.4, -0.2) is 0 Å². The number of aryl methyl sites for hydroxylation is 2. The van der Waals surface area contributed by atoms with E-state index in [0.717, 1.165) is 61.3 Å². The van der Waals surface area contributed by atoms with Crippen molar-refractivity contribution in [2.75, 3.05) is 4.90 Å². The molecule has 0 saturated heterocycles. The van der Waals surface area contributed by atoms with Crippen molar-refractivity contribution >= 4 is 71.3 Å². The fourth-order valence-corrected chi connectivity index (χ4v) is 9.93. The summed E-state index contributed by atoms with van der Waals surface area (Å²) in [6, 6.07) is 81.5. The number of fused-ring (bicyclic) bond motifs is 7. The van der Waals surface area contributed by atoms with Crippen LogP contribution in [0.4, 0.5) is 17.1 Å². The summed E-state index contributed by atoms with van der Waals surface area (Å²) in [6.07, 6.45) is 0. The maximum Gasteiger partial charge on any atom is 0.143 e. The van der Waals surface area contributed by atoms with Crippen LogP contribution in [0.5, 0.6) is 0 Å². The third kappa shape index (κ3) is 6.26. The van der Waals surface area contributed by atoms with Crippen molar-refractivity contribution in [3.63, 3.8) is 0 Å².